The van der Waals surface area contributed by atoms with Gasteiger partial charge in [0.15, 0.2) is 0 Å². The quantitative estimate of drug-likeness (QED) is 0.624. The number of aryl methyl sites for hydroxylation is 1. The summed E-state index contributed by atoms with van der Waals surface area (Å²) in [7, 11) is 1.79. The van der Waals surface area contributed by atoms with Crippen LogP contribution in [0.1, 0.15) is 12.5 Å². The predicted octanol–water partition coefficient (Wildman–Crippen LogP) is 1.72. The van der Waals surface area contributed by atoms with Crippen molar-refractivity contribution in [2.75, 3.05) is 18.5 Å². The van der Waals surface area contributed by atoms with Crippen molar-refractivity contribution in [3.8, 4) is 0 Å². The molecule has 88 valence electrons. The standard InChI is InChI=1S/C11H16N2O3/c1-8-4-5-10(6-11(8)13(15)16)12(3)7-9(2)14/h4-6,9,14H,7H2,1-3H3. The largest absolute Gasteiger partial charge is 0.392 e. The SMILES string of the molecule is Cc1ccc(N(C)CC(C)O)cc1[N+](=O)[O-]. The zero-order valence-electron chi connectivity index (χ0n) is 9.67. The van der Waals surface area contributed by atoms with Gasteiger partial charge in [0.25, 0.3) is 5.69 Å². The minimum absolute atomic E-state index is 0.106. The fourth-order valence-electron chi connectivity index (χ4n) is 1.53. The maximum absolute atomic E-state index is 10.8. The van der Waals surface area contributed by atoms with Crippen molar-refractivity contribution < 1.29 is 10.0 Å². The number of nitro benzene ring substituents is 1. The number of hydrogen-bond acceptors (Lipinski definition) is 4. The molecular weight excluding hydrogens is 208 g/mol. The van der Waals surface area contributed by atoms with Crippen molar-refractivity contribution in [3.05, 3.63) is 33.9 Å². The first-order valence-electron chi connectivity index (χ1n) is 5.06. The fraction of sp³-hybridized carbons (Fsp3) is 0.455. The summed E-state index contributed by atoms with van der Waals surface area (Å²) >= 11 is 0. The molecule has 0 aliphatic rings. The molecule has 0 saturated heterocycles. The van der Waals surface area contributed by atoms with E-state index in [0.29, 0.717) is 12.1 Å². The highest BCUT2D eigenvalue weighted by Gasteiger charge is 2.13. The Morgan fingerprint density at radius 3 is 2.69 bits per heavy atom. The minimum atomic E-state index is -0.467. The first kappa shape index (κ1) is 12.4. The van der Waals surface area contributed by atoms with Gasteiger partial charge in [0.1, 0.15) is 0 Å². The molecule has 0 aromatic heterocycles. The predicted molar refractivity (Wildman–Crippen MR) is 62.8 cm³/mol. The van der Waals surface area contributed by atoms with E-state index in [1.54, 1.807) is 31.9 Å². The number of nitrogens with zero attached hydrogens (tertiary/aromatic N) is 2. The van der Waals surface area contributed by atoms with Crippen molar-refractivity contribution in [2.24, 2.45) is 0 Å². The van der Waals surface area contributed by atoms with Crippen LogP contribution in [0.5, 0.6) is 0 Å². The van der Waals surface area contributed by atoms with Crippen LogP contribution in [0.25, 0.3) is 0 Å². The summed E-state index contributed by atoms with van der Waals surface area (Å²) in [5, 5.41) is 20.0. The maximum atomic E-state index is 10.8. The van der Waals surface area contributed by atoms with Crippen molar-refractivity contribution in [1.29, 1.82) is 0 Å². The number of anilines is 1. The molecule has 1 unspecified atom stereocenters. The van der Waals surface area contributed by atoms with E-state index in [2.05, 4.69) is 0 Å². The van der Waals surface area contributed by atoms with Gasteiger partial charge >= 0.3 is 0 Å². The van der Waals surface area contributed by atoms with E-state index >= 15 is 0 Å². The summed E-state index contributed by atoms with van der Waals surface area (Å²) in [6, 6.07) is 5.05. The molecule has 1 rings (SSSR count). The Morgan fingerprint density at radius 1 is 1.56 bits per heavy atom. The third kappa shape index (κ3) is 2.93. The average Bonchev–Trinajstić information content (AvgIpc) is 2.16. The summed E-state index contributed by atoms with van der Waals surface area (Å²) in [5.41, 5.74) is 1.48. The van der Waals surface area contributed by atoms with Crippen molar-refractivity contribution >= 4 is 11.4 Å². The van der Waals surface area contributed by atoms with Crippen molar-refractivity contribution in [3.63, 3.8) is 0 Å². The number of benzene rings is 1. The average molecular weight is 224 g/mol. The number of likely N-dealkylation sites (N-methyl/N-ethyl adjacent to an activating group) is 1. The third-order valence-corrected chi connectivity index (χ3v) is 2.37. The van der Waals surface area contributed by atoms with E-state index in [-0.39, 0.29) is 5.69 Å². The molecule has 1 atom stereocenters. The van der Waals surface area contributed by atoms with Gasteiger partial charge in [-0.05, 0) is 19.9 Å². The first-order chi connectivity index (χ1) is 7.41. The van der Waals surface area contributed by atoms with Crippen LogP contribution in [0.15, 0.2) is 18.2 Å². The van der Waals surface area contributed by atoms with Crippen LogP contribution >= 0.6 is 0 Å². The second-order valence-corrected chi connectivity index (χ2v) is 3.96. The molecule has 1 aromatic rings. The molecule has 0 amide bonds. The van der Waals surface area contributed by atoms with E-state index in [4.69, 9.17) is 0 Å². The molecule has 16 heavy (non-hydrogen) atoms. The molecule has 1 aromatic carbocycles. The lowest BCUT2D eigenvalue weighted by atomic mass is 10.1. The van der Waals surface area contributed by atoms with Gasteiger partial charge in [-0.2, -0.15) is 0 Å². The van der Waals surface area contributed by atoms with Crippen LogP contribution < -0.4 is 4.90 Å². The van der Waals surface area contributed by atoms with Crippen LogP contribution in [-0.2, 0) is 0 Å². The topological polar surface area (TPSA) is 66.6 Å². The Labute approximate surface area is 94.5 Å². The molecule has 1 N–H and O–H groups in total. The Kier molecular flexibility index (Phi) is 3.84. The molecule has 0 saturated carbocycles. The summed E-state index contributed by atoms with van der Waals surface area (Å²) in [6.07, 6.45) is -0.467. The van der Waals surface area contributed by atoms with E-state index in [0.717, 1.165) is 5.69 Å². The second-order valence-electron chi connectivity index (χ2n) is 3.96. The summed E-state index contributed by atoms with van der Waals surface area (Å²) in [5.74, 6) is 0. The van der Waals surface area contributed by atoms with Crippen molar-refractivity contribution in [1.82, 2.24) is 0 Å². The van der Waals surface area contributed by atoms with Crippen LogP contribution in [0.4, 0.5) is 11.4 Å². The molecule has 0 heterocycles. The third-order valence-electron chi connectivity index (χ3n) is 2.37. The molecule has 0 bridgehead atoms. The lowest BCUT2D eigenvalue weighted by molar-refractivity contribution is -0.385. The summed E-state index contributed by atoms with van der Waals surface area (Å²) < 4.78 is 0. The normalized spacial score (nSPS) is 12.2. The van der Waals surface area contributed by atoms with Gasteiger partial charge in [-0.25, -0.2) is 0 Å². The Morgan fingerprint density at radius 2 is 2.19 bits per heavy atom. The first-order valence-corrected chi connectivity index (χ1v) is 5.06. The molecule has 5 heteroatoms. The lowest BCUT2D eigenvalue weighted by Gasteiger charge is -2.20. The molecule has 0 radical (unpaired) electrons. The fourth-order valence-corrected chi connectivity index (χ4v) is 1.53. The van der Waals surface area contributed by atoms with Gasteiger partial charge in [0, 0.05) is 30.9 Å². The number of rotatable bonds is 4. The van der Waals surface area contributed by atoms with Gasteiger partial charge in [0.05, 0.1) is 11.0 Å². The number of aliphatic hydroxyl groups is 1. The molecular formula is C11H16N2O3. The zero-order chi connectivity index (χ0) is 12.3. The maximum Gasteiger partial charge on any atom is 0.274 e. The Balaban J connectivity index is 2.98. The van der Waals surface area contributed by atoms with Gasteiger partial charge in [0.2, 0.25) is 0 Å². The van der Waals surface area contributed by atoms with Gasteiger partial charge in [-0.1, -0.05) is 6.07 Å². The minimum Gasteiger partial charge on any atom is -0.392 e. The van der Waals surface area contributed by atoms with E-state index in [1.807, 2.05) is 6.07 Å². The van der Waals surface area contributed by atoms with E-state index < -0.39 is 11.0 Å². The van der Waals surface area contributed by atoms with Gasteiger partial charge in [-0.15, -0.1) is 0 Å². The Bertz CT molecular complexity index is 391. The molecule has 0 fully saturated rings. The van der Waals surface area contributed by atoms with Gasteiger partial charge < -0.3 is 10.0 Å². The Hall–Kier alpha value is -1.62. The van der Waals surface area contributed by atoms with E-state index in [9.17, 15) is 15.2 Å². The van der Waals surface area contributed by atoms with Crippen LogP contribution in [0.3, 0.4) is 0 Å². The van der Waals surface area contributed by atoms with Crippen LogP contribution in [0.2, 0.25) is 0 Å². The van der Waals surface area contributed by atoms with Crippen LogP contribution in [-0.4, -0.2) is 29.7 Å². The zero-order valence-corrected chi connectivity index (χ0v) is 9.67. The molecule has 0 aliphatic heterocycles. The summed E-state index contributed by atoms with van der Waals surface area (Å²) in [4.78, 5) is 12.2. The smallest absolute Gasteiger partial charge is 0.274 e. The molecule has 0 aliphatic carbocycles. The monoisotopic (exact) mass is 224 g/mol. The molecule has 5 nitrogen and oxygen atoms in total. The van der Waals surface area contributed by atoms with Crippen LogP contribution in [0, 0.1) is 17.0 Å². The number of nitro groups is 1. The highest BCUT2D eigenvalue weighted by molar-refractivity contribution is 5.56. The number of aliphatic hydroxyl groups excluding tert-OH is 1. The highest BCUT2D eigenvalue weighted by atomic mass is 16.6. The van der Waals surface area contributed by atoms with E-state index in [1.165, 1.54) is 6.07 Å². The van der Waals surface area contributed by atoms with Crippen molar-refractivity contribution in [2.45, 2.75) is 20.0 Å². The summed E-state index contributed by atoms with van der Waals surface area (Å²) in [6.45, 7) is 3.83. The van der Waals surface area contributed by atoms with Gasteiger partial charge in [-0.3, -0.25) is 10.1 Å². The highest BCUT2D eigenvalue weighted by Crippen LogP contribution is 2.24. The number of hydrogen-bond donors (Lipinski definition) is 1. The second kappa shape index (κ2) is 4.94. The molecule has 0 spiro atoms. The lowest BCUT2D eigenvalue weighted by Crippen LogP contribution is -2.26.